The van der Waals surface area contributed by atoms with E-state index >= 15 is 0 Å². The standard InChI is InChI=1S/C28H37NO4S/c1-7-32-27(31)28(4,5)33-26-18(2)14-20(15-19(26)3)8-9-22-16-29-17-24(22)25(30)21-10-12-23(34-6)13-11-21/h10-15,22,24,29H,7-9,16-17H2,1-6H3/t22?,24-/m0/s1. The highest BCUT2D eigenvalue weighted by molar-refractivity contribution is 7.98. The maximum Gasteiger partial charge on any atom is 0.349 e. The molecule has 2 aromatic rings. The molecule has 34 heavy (non-hydrogen) atoms. The van der Waals surface area contributed by atoms with Crippen molar-refractivity contribution in [1.82, 2.24) is 5.32 Å². The van der Waals surface area contributed by atoms with Crippen molar-refractivity contribution in [2.24, 2.45) is 11.8 Å². The number of hydrogen-bond donors (Lipinski definition) is 1. The first kappa shape index (κ1) is 26.3. The predicted octanol–water partition coefficient (Wildman–Crippen LogP) is 5.40. The lowest BCUT2D eigenvalue weighted by Crippen LogP contribution is -2.40. The molecule has 1 fully saturated rings. The van der Waals surface area contributed by atoms with Gasteiger partial charge in [0.15, 0.2) is 11.4 Å². The van der Waals surface area contributed by atoms with Crippen LogP contribution in [0.2, 0.25) is 0 Å². The molecule has 0 amide bonds. The maximum absolute atomic E-state index is 13.2. The van der Waals surface area contributed by atoms with Gasteiger partial charge in [0.1, 0.15) is 5.75 Å². The largest absolute Gasteiger partial charge is 0.476 e. The Morgan fingerprint density at radius 2 is 1.74 bits per heavy atom. The van der Waals surface area contributed by atoms with E-state index in [2.05, 4.69) is 17.4 Å². The number of hydrogen-bond acceptors (Lipinski definition) is 6. The highest BCUT2D eigenvalue weighted by Gasteiger charge is 2.34. The topological polar surface area (TPSA) is 64.6 Å². The van der Waals surface area contributed by atoms with Gasteiger partial charge in [-0.25, -0.2) is 4.79 Å². The van der Waals surface area contributed by atoms with Crippen LogP contribution in [-0.4, -0.2) is 43.3 Å². The molecule has 1 heterocycles. The van der Waals surface area contributed by atoms with Gasteiger partial charge >= 0.3 is 5.97 Å². The molecule has 0 aliphatic carbocycles. The number of esters is 1. The van der Waals surface area contributed by atoms with Gasteiger partial charge in [-0.15, -0.1) is 11.8 Å². The molecule has 0 bridgehead atoms. The van der Waals surface area contributed by atoms with Crippen LogP contribution in [0.4, 0.5) is 0 Å². The Hall–Kier alpha value is -2.31. The summed E-state index contributed by atoms with van der Waals surface area (Å²) in [6.45, 7) is 11.2. The Morgan fingerprint density at radius 3 is 2.32 bits per heavy atom. The number of thioether (sulfide) groups is 1. The summed E-state index contributed by atoms with van der Waals surface area (Å²) in [7, 11) is 0. The van der Waals surface area contributed by atoms with Crippen molar-refractivity contribution in [3.8, 4) is 5.75 Å². The molecule has 0 spiro atoms. The molecule has 1 N–H and O–H groups in total. The van der Waals surface area contributed by atoms with Gasteiger partial charge in [0.05, 0.1) is 6.61 Å². The van der Waals surface area contributed by atoms with E-state index in [0.29, 0.717) is 12.5 Å². The second-order valence-electron chi connectivity index (χ2n) is 9.55. The van der Waals surface area contributed by atoms with Gasteiger partial charge in [-0.3, -0.25) is 4.79 Å². The summed E-state index contributed by atoms with van der Waals surface area (Å²) in [4.78, 5) is 26.6. The third-order valence-corrected chi connectivity index (χ3v) is 7.24. The minimum absolute atomic E-state index is 0.00954. The Kier molecular flexibility index (Phi) is 8.83. The lowest BCUT2D eigenvalue weighted by molar-refractivity contribution is -0.158. The molecule has 1 unspecified atom stereocenters. The van der Waals surface area contributed by atoms with E-state index in [0.717, 1.165) is 48.4 Å². The summed E-state index contributed by atoms with van der Waals surface area (Å²) in [6.07, 6.45) is 3.88. The summed E-state index contributed by atoms with van der Waals surface area (Å²) < 4.78 is 11.2. The number of Topliss-reactive ketones (excluding diaryl/α,β-unsaturated/α-hetero) is 1. The van der Waals surface area contributed by atoms with Crippen molar-refractivity contribution < 1.29 is 19.1 Å². The van der Waals surface area contributed by atoms with Crippen LogP contribution in [-0.2, 0) is 16.0 Å². The minimum Gasteiger partial charge on any atom is -0.476 e. The number of ketones is 1. The normalized spacial score (nSPS) is 18.1. The smallest absolute Gasteiger partial charge is 0.349 e. The third-order valence-electron chi connectivity index (χ3n) is 6.50. The molecule has 1 aliphatic heterocycles. The predicted molar refractivity (Wildman–Crippen MR) is 138 cm³/mol. The Balaban J connectivity index is 1.66. The van der Waals surface area contributed by atoms with E-state index < -0.39 is 5.60 Å². The van der Waals surface area contributed by atoms with Gasteiger partial charge in [0.2, 0.25) is 0 Å². The van der Waals surface area contributed by atoms with E-state index in [1.807, 2.05) is 44.4 Å². The first-order chi connectivity index (χ1) is 16.2. The Bertz CT molecular complexity index is 993. The Labute approximate surface area is 208 Å². The number of ether oxygens (including phenoxy) is 2. The zero-order chi connectivity index (χ0) is 24.9. The number of carbonyl (C=O) groups is 2. The van der Waals surface area contributed by atoms with Crippen LogP contribution >= 0.6 is 11.8 Å². The van der Waals surface area contributed by atoms with Gasteiger partial charge in [-0.05, 0) is 95.0 Å². The van der Waals surface area contributed by atoms with Crippen LogP contribution in [0.5, 0.6) is 5.75 Å². The fraction of sp³-hybridized carbons (Fsp3) is 0.500. The molecule has 6 heteroatoms. The molecule has 0 saturated carbocycles. The zero-order valence-electron chi connectivity index (χ0n) is 21.2. The van der Waals surface area contributed by atoms with Gasteiger partial charge in [0, 0.05) is 22.9 Å². The van der Waals surface area contributed by atoms with Crippen molar-refractivity contribution in [1.29, 1.82) is 0 Å². The second kappa shape index (κ2) is 11.4. The van der Waals surface area contributed by atoms with Crippen molar-refractivity contribution in [2.75, 3.05) is 26.0 Å². The first-order valence-corrected chi connectivity index (χ1v) is 13.2. The molecular weight excluding hydrogens is 446 g/mol. The second-order valence-corrected chi connectivity index (χ2v) is 10.4. The molecule has 3 rings (SSSR count). The van der Waals surface area contributed by atoms with Crippen LogP contribution in [0.15, 0.2) is 41.3 Å². The Morgan fingerprint density at radius 1 is 1.09 bits per heavy atom. The van der Waals surface area contributed by atoms with Crippen molar-refractivity contribution in [3.63, 3.8) is 0 Å². The number of carbonyl (C=O) groups excluding carboxylic acids is 2. The summed E-state index contributed by atoms with van der Waals surface area (Å²) in [6, 6.07) is 12.2. The quantitative estimate of drug-likeness (QED) is 0.277. The van der Waals surface area contributed by atoms with Gasteiger partial charge in [-0.1, -0.05) is 24.3 Å². The number of aryl methyl sites for hydroxylation is 3. The third kappa shape index (κ3) is 6.22. The molecule has 0 aromatic heterocycles. The molecule has 5 nitrogen and oxygen atoms in total. The van der Waals surface area contributed by atoms with Crippen LogP contribution in [0, 0.1) is 25.7 Å². The van der Waals surface area contributed by atoms with Gasteiger partial charge in [-0.2, -0.15) is 0 Å². The lowest BCUT2D eigenvalue weighted by atomic mass is 9.84. The highest BCUT2D eigenvalue weighted by atomic mass is 32.2. The molecule has 2 atom stereocenters. The summed E-state index contributed by atoms with van der Waals surface area (Å²) >= 11 is 1.68. The number of nitrogens with one attached hydrogen (secondary N) is 1. The molecule has 1 aliphatic rings. The number of rotatable bonds is 10. The SMILES string of the molecule is CCOC(=O)C(C)(C)Oc1c(C)cc(CCC2CNC[C@@H]2C(=O)c2ccc(SC)cc2)cc1C. The average Bonchev–Trinajstić information content (AvgIpc) is 3.28. The number of benzene rings is 2. The fourth-order valence-corrected chi connectivity index (χ4v) is 5.02. The summed E-state index contributed by atoms with van der Waals surface area (Å²) in [5.41, 5.74) is 2.97. The summed E-state index contributed by atoms with van der Waals surface area (Å²) in [5, 5.41) is 3.42. The van der Waals surface area contributed by atoms with Gasteiger partial charge in [0.25, 0.3) is 0 Å². The van der Waals surface area contributed by atoms with E-state index in [4.69, 9.17) is 9.47 Å². The van der Waals surface area contributed by atoms with E-state index in [1.54, 1.807) is 32.5 Å². The summed E-state index contributed by atoms with van der Waals surface area (Å²) in [5.74, 6) is 0.916. The van der Waals surface area contributed by atoms with E-state index in [9.17, 15) is 9.59 Å². The van der Waals surface area contributed by atoms with Crippen molar-refractivity contribution >= 4 is 23.5 Å². The minimum atomic E-state index is -1.05. The van der Waals surface area contributed by atoms with E-state index in [-0.39, 0.29) is 17.7 Å². The van der Waals surface area contributed by atoms with Crippen LogP contribution in [0.25, 0.3) is 0 Å². The fourth-order valence-electron chi connectivity index (χ4n) is 4.61. The maximum atomic E-state index is 13.2. The van der Waals surface area contributed by atoms with E-state index in [1.165, 1.54) is 10.5 Å². The molecule has 2 aromatic carbocycles. The molecule has 0 radical (unpaired) electrons. The van der Waals surface area contributed by atoms with Crippen molar-refractivity contribution in [2.45, 2.75) is 58.0 Å². The average molecular weight is 484 g/mol. The van der Waals surface area contributed by atoms with Crippen molar-refractivity contribution in [3.05, 3.63) is 58.7 Å². The van der Waals surface area contributed by atoms with Crippen LogP contribution in [0.1, 0.15) is 54.2 Å². The van der Waals surface area contributed by atoms with Crippen LogP contribution in [0.3, 0.4) is 0 Å². The monoisotopic (exact) mass is 483 g/mol. The van der Waals surface area contributed by atoms with Crippen LogP contribution < -0.4 is 10.1 Å². The first-order valence-electron chi connectivity index (χ1n) is 12.0. The van der Waals surface area contributed by atoms with Gasteiger partial charge < -0.3 is 14.8 Å². The zero-order valence-corrected chi connectivity index (χ0v) is 22.0. The highest BCUT2D eigenvalue weighted by Crippen LogP contribution is 2.31. The molecular formula is C28H37NO4S. The molecule has 1 saturated heterocycles. The molecule has 184 valence electrons. The lowest BCUT2D eigenvalue weighted by Gasteiger charge is -2.26.